The highest BCUT2D eigenvalue weighted by molar-refractivity contribution is 7.99. The fraction of sp³-hybridized carbons (Fsp3) is 0.556. The molecule has 23 heavy (non-hydrogen) atoms. The van der Waals surface area contributed by atoms with Crippen LogP contribution in [0.4, 0.5) is 0 Å². The molecular formula is C18H25N3OS. The van der Waals surface area contributed by atoms with E-state index in [-0.39, 0.29) is 0 Å². The van der Waals surface area contributed by atoms with Gasteiger partial charge in [0.05, 0.1) is 6.10 Å². The summed E-state index contributed by atoms with van der Waals surface area (Å²) in [6, 6.07) is 6.76. The van der Waals surface area contributed by atoms with Crippen LogP contribution in [0, 0.1) is 13.8 Å². The number of nitrogens with zero attached hydrogens (tertiary/aromatic N) is 3. The lowest BCUT2D eigenvalue weighted by molar-refractivity contribution is 0.203. The Labute approximate surface area is 142 Å². The van der Waals surface area contributed by atoms with E-state index in [4.69, 9.17) is 0 Å². The highest BCUT2D eigenvalue weighted by Gasteiger charge is 2.30. The van der Waals surface area contributed by atoms with Crippen molar-refractivity contribution in [2.24, 2.45) is 0 Å². The molecule has 1 aliphatic carbocycles. The Hall–Kier alpha value is -1.33. The number of aliphatic hydroxyl groups is 1. The molecule has 1 unspecified atom stereocenters. The van der Waals surface area contributed by atoms with Gasteiger partial charge in [-0.2, -0.15) is 0 Å². The summed E-state index contributed by atoms with van der Waals surface area (Å²) >= 11 is 1.61. The number of benzene rings is 1. The van der Waals surface area contributed by atoms with Crippen molar-refractivity contribution in [1.82, 2.24) is 14.8 Å². The lowest BCUT2D eigenvalue weighted by Gasteiger charge is -2.15. The molecule has 4 nitrogen and oxygen atoms in total. The topological polar surface area (TPSA) is 50.9 Å². The number of aliphatic hydroxyl groups excluding tert-OH is 1. The molecule has 0 aliphatic heterocycles. The van der Waals surface area contributed by atoms with Gasteiger partial charge in [-0.05, 0) is 37.8 Å². The van der Waals surface area contributed by atoms with Crippen LogP contribution in [0.15, 0.2) is 23.4 Å². The molecule has 1 fully saturated rings. The number of hydrogen-bond donors (Lipinski definition) is 1. The molecule has 1 aliphatic rings. The molecule has 3 rings (SSSR count). The molecule has 0 amide bonds. The maximum atomic E-state index is 10.5. The molecule has 0 spiro atoms. The zero-order valence-corrected chi connectivity index (χ0v) is 15.1. The summed E-state index contributed by atoms with van der Waals surface area (Å²) in [6.45, 7) is 8.44. The van der Waals surface area contributed by atoms with Crippen molar-refractivity contribution in [3.8, 4) is 0 Å². The molecule has 124 valence electrons. The Morgan fingerprint density at radius 2 is 2.00 bits per heavy atom. The van der Waals surface area contributed by atoms with Gasteiger partial charge in [0.2, 0.25) is 0 Å². The van der Waals surface area contributed by atoms with E-state index in [1.807, 2.05) is 6.07 Å². The van der Waals surface area contributed by atoms with Gasteiger partial charge in [0.25, 0.3) is 0 Å². The van der Waals surface area contributed by atoms with Gasteiger partial charge < -0.3 is 9.67 Å². The third-order valence-electron chi connectivity index (χ3n) is 4.27. The van der Waals surface area contributed by atoms with Gasteiger partial charge >= 0.3 is 0 Å². The van der Waals surface area contributed by atoms with E-state index in [0.29, 0.717) is 17.7 Å². The minimum Gasteiger partial charge on any atom is -0.388 e. The van der Waals surface area contributed by atoms with Crippen molar-refractivity contribution < 1.29 is 5.11 Å². The summed E-state index contributed by atoms with van der Waals surface area (Å²) in [6.07, 6.45) is 1.95. The molecule has 0 radical (unpaired) electrons. The second kappa shape index (κ2) is 6.65. The van der Waals surface area contributed by atoms with Gasteiger partial charge in [-0.3, -0.25) is 0 Å². The first kappa shape index (κ1) is 16.5. The summed E-state index contributed by atoms with van der Waals surface area (Å²) in [5.74, 6) is 2.05. The molecule has 1 atom stereocenters. The number of aromatic nitrogens is 3. The van der Waals surface area contributed by atoms with Crippen LogP contribution in [-0.4, -0.2) is 25.6 Å². The SMILES string of the molecule is Cc1ccc(C(O)CSc2nnc(C(C)C)n2C2CC2)c(C)c1. The lowest BCUT2D eigenvalue weighted by atomic mass is 10.0. The van der Waals surface area contributed by atoms with Gasteiger partial charge in [-0.1, -0.05) is 49.4 Å². The third-order valence-corrected chi connectivity index (χ3v) is 5.29. The molecule has 2 aromatic rings. The van der Waals surface area contributed by atoms with E-state index in [2.05, 4.69) is 54.6 Å². The number of rotatable bonds is 6. The number of thioether (sulfide) groups is 1. The molecular weight excluding hydrogens is 306 g/mol. The van der Waals surface area contributed by atoms with Crippen LogP contribution in [-0.2, 0) is 0 Å². The van der Waals surface area contributed by atoms with Crippen LogP contribution in [0.3, 0.4) is 0 Å². The van der Waals surface area contributed by atoms with E-state index >= 15 is 0 Å². The Balaban J connectivity index is 1.73. The van der Waals surface area contributed by atoms with Crippen molar-refractivity contribution in [2.45, 2.75) is 63.8 Å². The fourth-order valence-corrected chi connectivity index (χ4v) is 3.87. The Morgan fingerprint density at radius 3 is 2.61 bits per heavy atom. The number of aryl methyl sites for hydroxylation is 2. The van der Waals surface area contributed by atoms with Crippen molar-refractivity contribution in [2.75, 3.05) is 5.75 Å². The fourth-order valence-electron chi connectivity index (χ4n) is 2.90. The lowest BCUT2D eigenvalue weighted by Crippen LogP contribution is -2.07. The molecule has 1 N–H and O–H groups in total. The van der Waals surface area contributed by atoms with Crippen molar-refractivity contribution in [3.63, 3.8) is 0 Å². The van der Waals surface area contributed by atoms with E-state index in [9.17, 15) is 5.11 Å². The minimum atomic E-state index is -0.479. The largest absolute Gasteiger partial charge is 0.388 e. The average Bonchev–Trinajstić information content (AvgIpc) is 3.24. The van der Waals surface area contributed by atoms with Crippen LogP contribution in [0.2, 0.25) is 0 Å². The van der Waals surface area contributed by atoms with Crippen LogP contribution >= 0.6 is 11.8 Å². The summed E-state index contributed by atoms with van der Waals surface area (Å²) in [5, 5.41) is 20.2. The average molecular weight is 331 g/mol. The molecule has 1 heterocycles. The quantitative estimate of drug-likeness (QED) is 0.807. The van der Waals surface area contributed by atoms with Crippen LogP contribution in [0.1, 0.15) is 67.3 Å². The Morgan fingerprint density at radius 1 is 1.26 bits per heavy atom. The molecule has 1 aromatic heterocycles. The summed E-state index contributed by atoms with van der Waals surface area (Å²) in [5.41, 5.74) is 3.37. The summed E-state index contributed by atoms with van der Waals surface area (Å²) < 4.78 is 2.28. The highest BCUT2D eigenvalue weighted by Crippen LogP contribution is 2.40. The van der Waals surface area contributed by atoms with Crippen molar-refractivity contribution in [1.29, 1.82) is 0 Å². The number of hydrogen-bond acceptors (Lipinski definition) is 4. The maximum absolute atomic E-state index is 10.5. The van der Waals surface area contributed by atoms with Gasteiger partial charge in [0.1, 0.15) is 5.82 Å². The molecule has 1 saturated carbocycles. The predicted molar refractivity (Wildman–Crippen MR) is 94.0 cm³/mol. The Bertz CT molecular complexity index is 692. The molecule has 1 aromatic carbocycles. The van der Waals surface area contributed by atoms with E-state index < -0.39 is 6.10 Å². The zero-order valence-electron chi connectivity index (χ0n) is 14.3. The highest BCUT2D eigenvalue weighted by atomic mass is 32.2. The second-order valence-electron chi connectivity index (χ2n) is 6.78. The first-order chi connectivity index (χ1) is 11.0. The molecule has 5 heteroatoms. The van der Waals surface area contributed by atoms with E-state index in [1.165, 1.54) is 18.4 Å². The van der Waals surface area contributed by atoms with Gasteiger partial charge in [-0.15, -0.1) is 10.2 Å². The standard InChI is InChI=1S/C18H25N3OS/c1-11(2)17-19-20-18(21(17)14-6-7-14)23-10-16(22)15-8-5-12(3)9-13(15)4/h5,8-9,11,14,16,22H,6-7,10H2,1-4H3. The monoisotopic (exact) mass is 331 g/mol. The summed E-state index contributed by atoms with van der Waals surface area (Å²) in [7, 11) is 0. The molecule has 0 bridgehead atoms. The second-order valence-corrected chi connectivity index (χ2v) is 7.77. The van der Waals surface area contributed by atoms with Gasteiger partial charge in [0, 0.05) is 17.7 Å². The van der Waals surface area contributed by atoms with E-state index in [1.54, 1.807) is 11.8 Å². The van der Waals surface area contributed by atoms with Crippen LogP contribution < -0.4 is 0 Å². The third kappa shape index (κ3) is 3.61. The molecule has 0 saturated heterocycles. The normalized spacial score (nSPS) is 16.1. The smallest absolute Gasteiger partial charge is 0.191 e. The van der Waals surface area contributed by atoms with Gasteiger partial charge in [-0.25, -0.2) is 0 Å². The minimum absolute atomic E-state index is 0.377. The first-order valence-corrected chi connectivity index (χ1v) is 9.28. The van der Waals surface area contributed by atoms with E-state index in [0.717, 1.165) is 22.1 Å². The Kier molecular flexibility index (Phi) is 4.78. The predicted octanol–water partition coefficient (Wildman–Crippen LogP) is 4.18. The van der Waals surface area contributed by atoms with Crippen molar-refractivity contribution >= 4 is 11.8 Å². The van der Waals surface area contributed by atoms with Crippen LogP contribution in [0.25, 0.3) is 0 Å². The maximum Gasteiger partial charge on any atom is 0.191 e. The zero-order chi connectivity index (χ0) is 16.6. The van der Waals surface area contributed by atoms with Crippen LogP contribution in [0.5, 0.6) is 0 Å². The van der Waals surface area contributed by atoms with Crippen molar-refractivity contribution in [3.05, 3.63) is 40.7 Å². The van der Waals surface area contributed by atoms with Gasteiger partial charge in [0.15, 0.2) is 5.16 Å². The first-order valence-electron chi connectivity index (χ1n) is 8.30. The summed E-state index contributed by atoms with van der Waals surface area (Å²) in [4.78, 5) is 0.